The Morgan fingerprint density at radius 2 is 1.64 bits per heavy atom. The van der Waals surface area contributed by atoms with Crippen molar-refractivity contribution in [1.29, 1.82) is 0 Å². The Balaban J connectivity index is 1.39. The molecule has 3 aliphatic rings. The molecule has 2 aromatic rings. The third-order valence-corrected chi connectivity index (χ3v) is 9.99. The molecule has 3 aliphatic heterocycles. The number of carbonyl (C=O) groups is 3. The fraction of sp³-hybridized carbons (Fsp3) is 0.545. The Morgan fingerprint density at radius 1 is 0.955 bits per heavy atom. The van der Waals surface area contributed by atoms with Crippen molar-refractivity contribution in [2.75, 3.05) is 39.8 Å². The molecule has 3 heterocycles. The van der Waals surface area contributed by atoms with Gasteiger partial charge in [0.05, 0.1) is 17.6 Å². The molecule has 0 aromatic heterocycles. The molecular formula is C33H42F3N5O3. The van der Waals surface area contributed by atoms with E-state index in [1.807, 2.05) is 41.0 Å². The Hall–Kier alpha value is -3.76. The Morgan fingerprint density at radius 3 is 2.27 bits per heavy atom. The molecule has 0 aliphatic carbocycles. The average molecular weight is 614 g/mol. The number of carbonyl (C=O) groups excluding carboxylic acids is 3. The number of halogens is 3. The summed E-state index contributed by atoms with van der Waals surface area (Å²) in [5, 5.41) is 0. The lowest BCUT2D eigenvalue weighted by atomic mass is 9.78. The molecule has 0 bridgehead atoms. The summed E-state index contributed by atoms with van der Waals surface area (Å²) in [4.78, 5) is 46.3. The molecule has 5 rings (SSSR count). The van der Waals surface area contributed by atoms with Crippen LogP contribution in [0.4, 0.5) is 22.8 Å². The first-order chi connectivity index (χ1) is 20.8. The van der Waals surface area contributed by atoms with Crippen LogP contribution in [-0.2, 0) is 11.0 Å². The average Bonchev–Trinajstić information content (AvgIpc) is 3.43. The van der Waals surface area contributed by atoms with E-state index in [9.17, 15) is 27.6 Å². The van der Waals surface area contributed by atoms with E-state index >= 15 is 0 Å². The second kappa shape index (κ2) is 12.3. The monoisotopic (exact) mass is 613 g/mol. The van der Waals surface area contributed by atoms with Gasteiger partial charge in [-0.05, 0) is 74.8 Å². The number of benzene rings is 2. The van der Waals surface area contributed by atoms with Crippen LogP contribution in [0.25, 0.3) is 0 Å². The van der Waals surface area contributed by atoms with Gasteiger partial charge in [-0.1, -0.05) is 35.9 Å². The zero-order chi connectivity index (χ0) is 31.9. The van der Waals surface area contributed by atoms with Gasteiger partial charge >= 0.3 is 18.2 Å². The Kier molecular flexibility index (Phi) is 8.87. The zero-order valence-electron chi connectivity index (χ0n) is 25.8. The zero-order valence-corrected chi connectivity index (χ0v) is 25.8. The quantitative estimate of drug-likeness (QED) is 0.477. The molecule has 3 saturated heterocycles. The molecule has 2 aromatic carbocycles. The van der Waals surface area contributed by atoms with E-state index in [-0.39, 0.29) is 35.7 Å². The summed E-state index contributed by atoms with van der Waals surface area (Å²) in [6.45, 7) is 7.96. The van der Waals surface area contributed by atoms with Crippen LogP contribution in [0.3, 0.4) is 0 Å². The fourth-order valence-electron chi connectivity index (χ4n) is 7.36. The van der Waals surface area contributed by atoms with Crippen molar-refractivity contribution in [2.45, 2.75) is 58.3 Å². The smallest absolute Gasteiger partial charge is 0.351 e. The SMILES string of the molecule is Cc1cc([C@@H](C)N(C)C(=O)N2CC[C@@H]3CN(C(=O)C4CCN(C(N)=O)CC4)CC3[C@@H]2c2ccccc2C)cc(C(F)(F)F)c1. The number of primary amides is 1. The van der Waals surface area contributed by atoms with Crippen molar-refractivity contribution in [3.8, 4) is 0 Å². The number of amides is 5. The molecule has 0 spiro atoms. The van der Waals surface area contributed by atoms with E-state index in [0.717, 1.165) is 29.7 Å². The topological polar surface area (TPSA) is 90.2 Å². The highest BCUT2D eigenvalue weighted by atomic mass is 19.4. The molecule has 8 nitrogen and oxygen atoms in total. The van der Waals surface area contributed by atoms with Gasteiger partial charge < -0.3 is 25.3 Å². The molecule has 2 N–H and O–H groups in total. The van der Waals surface area contributed by atoms with Gasteiger partial charge in [-0.3, -0.25) is 4.79 Å². The van der Waals surface area contributed by atoms with Crippen LogP contribution in [0, 0.1) is 31.6 Å². The number of hydrogen-bond acceptors (Lipinski definition) is 3. The van der Waals surface area contributed by atoms with Gasteiger partial charge in [0.1, 0.15) is 0 Å². The maximum absolute atomic E-state index is 14.2. The molecule has 3 fully saturated rings. The first kappa shape index (κ1) is 31.7. The number of urea groups is 2. The largest absolute Gasteiger partial charge is 0.416 e. The van der Waals surface area contributed by atoms with Crippen molar-refractivity contribution in [3.05, 3.63) is 70.3 Å². The van der Waals surface area contributed by atoms with Gasteiger partial charge in [0, 0.05) is 51.6 Å². The summed E-state index contributed by atoms with van der Waals surface area (Å²) in [7, 11) is 1.65. The summed E-state index contributed by atoms with van der Waals surface area (Å²) in [6, 6.07) is 10.3. The molecule has 0 saturated carbocycles. The van der Waals surface area contributed by atoms with Crippen LogP contribution in [0.2, 0.25) is 0 Å². The first-order valence-electron chi connectivity index (χ1n) is 15.4. The van der Waals surface area contributed by atoms with E-state index in [4.69, 9.17) is 5.73 Å². The van der Waals surface area contributed by atoms with Crippen LogP contribution in [-0.4, -0.2) is 77.3 Å². The Labute approximate surface area is 256 Å². The van der Waals surface area contributed by atoms with E-state index < -0.39 is 23.8 Å². The van der Waals surface area contributed by atoms with Crippen molar-refractivity contribution in [2.24, 2.45) is 23.5 Å². The van der Waals surface area contributed by atoms with Gasteiger partial charge in [-0.15, -0.1) is 0 Å². The fourth-order valence-corrected chi connectivity index (χ4v) is 7.36. The molecule has 1 unspecified atom stereocenters. The minimum Gasteiger partial charge on any atom is -0.351 e. The Bertz CT molecular complexity index is 1410. The van der Waals surface area contributed by atoms with Crippen molar-refractivity contribution >= 4 is 18.0 Å². The third kappa shape index (κ3) is 6.23. The first-order valence-corrected chi connectivity index (χ1v) is 15.4. The highest BCUT2D eigenvalue weighted by Gasteiger charge is 2.48. The lowest BCUT2D eigenvalue weighted by Crippen LogP contribution is -2.51. The molecule has 4 atom stereocenters. The number of alkyl halides is 3. The maximum Gasteiger partial charge on any atom is 0.416 e. The number of piperidine rings is 2. The predicted molar refractivity (Wildman–Crippen MR) is 160 cm³/mol. The standard InChI is InChI=1S/C33H42F3N5O3/c1-20-15-25(17-26(16-20)33(34,35)36)22(3)38(4)32(44)41-14-11-24-18-40(30(42)23-9-12-39(13-10-23)31(37)43)19-28(24)29(41)27-8-6-5-7-21(27)2/h5-8,15-17,22-24,28-29H,9-14,18-19H2,1-4H3,(H2,37,43)/t22-,24-,28?,29+/m1/s1. The lowest BCUT2D eigenvalue weighted by Gasteiger charge is -2.45. The molecule has 5 amide bonds. The number of aryl methyl sites for hydroxylation is 2. The van der Waals surface area contributed by atoms with Crippen molar-refractivity contribution < 1.29 is 27.6 Å². The van der Waals surface area contributed by atoms with Crippen LogP contribution < -0.4 is 5.73 Å². The minimum atomic E-state index is -4.48. The third-order valence-electron chi connectivity index (χ3n) is 9.99. The molecule has 44 heavy (non-hydrogen) atoms. The molecule has 11 heteroatoms. The second-order valence-electron chi connectivity index (χ2n) is 12.7. The number of nitrogens with two attached hydrogens (primary N) is 1. The molecule has 0 radical (unpaired) electrons. The normalized spacial score (nSPS) is 23.3. The highest BCUT2D eigenvalue weighted by molar-refractivity contribution is 5.80. The number of fused-ring (bicyclic) bond motifs is 1. The highest BCUT2D eigenvalue weighted by Crippen LogP contribution is 2.46. The number of rotatable bonds is 4. The van der Waals surface area contributed by atoms with Crippen LogP contribution >= 0.6 is 0 Å². The number of hydrogen-bond donors (Lipinski definition) is 1. The summed E-state index contributed by atoms with van der Waals surface area (Å²) < 4.78 is 40.7. The predicted octanol–water partition coefficient (Wildman–Crippen LogP) is 5.75. The molecule has 238 valence electrons. The van der Waals surface area contributed by atoms with Gasteiger partial charge in [-0.2, -0.15) is 13.2 Å². The minimum absolute atomic E-state index is 0.0166. The van der Waals surface area contributed by atoms with Gasteiger partial charge in [0.15, 0.2) is 0 Å². The second-order valence-corrected chi connectivity index (χ2v) is 12.7. The van der Waals surface area contributed by atoms with Crippen LogP contribution in [0.1, 0.15) is 66.1 Å². The van der Waals surface area contributed by atoms with E-state index in [2.05, 4.69) is 0 Å². The van der Waals surface area contributed by atoms with Gasteiger partial charge in [0.25, 0.3) is 0 Å². The summed E-state index contributed by atoms with van der Waals surface area (Å²) in [6.07, 6.45) is -2.59. The summed E-state index contributed by atoms with van der Waals surface area (Å²) >= 11 is 0. The molecular weight excluding hydrogens is 571 g/mol. The van der Waals surface area contributed by atoms with Crippen molar-refractivity contribution in [3.63, 3.8) is 0 Å². The van der Waals surface area contributed by atoms with Crippen molar-refractivity contribution in [1.82, 2.24) is 19.6 Å². The summed E-state index contributed by atoms with van der Waals surface area (Å²) in [5.41, 5.74) is 7.68. The van der Waals surface area contributed by atoms with Crippen LogP contribution in [0.5, 0.6) is 0 Å². The summed E-state index contributed by atoms with van der Waals surface area (Å²) in [5.74, 6) is 0.161. The van der Waals surface area contributed by atoms with E-state index in [1.54, 1.807) is 31.9 Å². The van der Waals surface area contributed by atoms with Gasteiger partial charge in [-0.25, -0.2) is 9.59 Å². The van der Waals surface area contributed by atoms with E-state index in [0.29, 0.717) is 56.7 Å². The number of likely N-dealkylation sites (tertiary alicyclic amines) is 3. The number of nitrogens with zero attached hydrogens (tertiary/aromatic N) is 4. The van der Waals surface area contributed by atoms with Gasteiger partial charge in [0.2, 0.25) is 5.91 Å². The lowest BCUT2D eigenvalue weighted by molar-refractivity contribution is -0.138. The maximum atomic E-state index is 14.2. The van der Waals surface area contributed by atoms with Crippen LogP contribution in [0.15, 0.2) is 42.5 Å². The van der Waals surface area contributed by atoms with E-state index in [1.165, 1.54) is 4.90 Å².